The summed E-state index contributed by atoms with van der Waals surface area (Å²) in [5.74, 6) is 0. The summed E-state index contributed by atoms with van der Waals surface area (Å²) in [6.45, 7) is 0.631. The third-order valence-corrected chi connectivity index (χ3v) is 3.85. The summed E-state index contributed by atoms with van der Waals surface area (Å²) in [5.41, 5.74) is 6.66. The molecule has 0 spiro atoms. The van der Waals surface area contributed by atoms with E-state index in [2.05, 4.69) is 10.2 Å². The van der Waals surface area contributed by atoms with Crippen molar-refractivity contribution >= 4 is 23.4 Å². The maximum absolute atomic E-state index is 6.22. The minimum atomic E-state index is 0.631. The first-order chi connectivity index (χ1) is 8.20. The topological polar surface area (TPSA) is 56.7 Å². The fraction of sp³-hybridized carbons (Fsp3) is 0.273. The van der Waals surface area contributed by atoms with Gasteiger partial charge in [-0.3, -0.25) is 0 Å². The largest absolute Gasteiger partial charge is 0.330 e. The van der Waals surface area contributed by atoms with Gasteiger partial charge in [0.25, 0.3) is 0 Å². The zero-order chi connectivity index (χ0) is 12.3. The Bertz CT molecular complexity index is 512. The highest BCUT2D eigenvalue weighted by molar-refractivity contribution is 7.99. The Balaban J connectivity index is 2.19. The van der Waals surface area contributed by atoms with Crippen LogP contribution in [0.2, 0.25) is 5.02 Å². The van der Waals surface area contributed by atoms with Crippen molar-refractivity contribution in [1.82, 2.24) is 14.8 Å². The van der Waals surface area contributed by atoms with E-state index in [0.29, 0.717) is 6.54 Å². The van der Waals surface area contributed by atoms with E-state index >= 15 is 0 Å². The minimum absolute atomic E-state index is 0.631. The lowest BCUT2D eigenvalue weighted by atomic mass is 10.1. The number of nitrogens with zero attached hydrogens (tertiary/aromatic N) is 3. The molecule has 1 aromatic heterocycles. The number of rotatable bonds is 4. The van der Waals surface area contributed by atoms with Crippen molar-refractivity contribution in [3.05, 3.63) is 35.1 Å². The Kier molecular flexibility index (Phi) is 4.04. The molecule has 0 aliphatic carbocycles. The molecule has 17 heavy (non-hydrogen) atoms. The van der Waals surface area contributed by atoms with Crippen molar-refractivity contribution in [3.8, 4) is 0 Å². The molecule has 0 bridgehead atoms. The standard InChI is InChI=1S/C11H13ClN4S/c1-16-7-14-15-11(16)17-10-3-2-8(4-5-13)6-9(10)12/h2-3,6-7H,4-5,13H2,1H3. The fourth-order valence-electron chi connectivity index (χ4n) is 1.41. The van der Waals surface area contributed by atoms with E-state index in [1.165, 1.54) is 11.8 Å². The van der Waals surface area contributed by atoms with E-state index in [1.54, 1.807) is 6.33 Å². The molecule has 0 unspecified atom stereocenters. The quantitative estimate of drug-likeness (QED) is 0.923. The van der Waals surface area contributed by atoms with Crippen LogP contribution in [0, 0.1) is 0 Å². The van der Waals surface area contributed by atoms with Gasteiger partial charge in [0.15, 0.2) is 5.16 Å². The molecule has 0 fully saturated rings. The third kappa shape index (κ3) is 3.00. The van der Waals surface area contributed by atoms with Gasteiger partial charge >= 0.3 is 0 Å². The summed E-state index contributed by atoms with van der Waals surface area (Å²) in [5, 5.41) is 9.38. The molecule has 0 amide bonds. The normalized spacial score (nSPS) is 10.8. The Labute approximate surface area is 109 Å². The van der Waals surface area contributed by atoms with Crippen molar-refractivity contribution in [3.63, 3.8) is 0 Å². The zero-order valence-electron chi connectivity index (χ0n) is 9.43. The highest BCUT2D eigenvalue weighted by Gasteiger charge is 2.07. The Morgan fingerprint density at radius 1 is 1.47 bits per heavy atom. The number of halogens is 1. The number of benzene rings is 1. The first-order valence-corrected chi connectivity index (χ1v) is 6.40. The van der Waals surface area contributed by atoms with E-state index in [9.17, 15) is 0 Å². The highest BCUT2D eigenvalue weighted by Crippen LogP contribution is 2.32. The third-order valence-electron chi connectivity index (χ3n) is 2.30. The molecule has 0 saturated heterocycles. The van der Waals surface area contributed by atoms with E-state index < -0.39 is 0 Å². The number of hydrogen-bond donors (Lipinski definition) is 1. The van der Waals surface area contributed by atoms with Gasteiger partial charge in [0.1, 0.15) is 6.33 Å². The maximum atomic E-state index is 6.22. The van der Waals surface area contributed by atoms with Crippen LogP contribution in [0.3, 0.4) is 0 Å². The van der Waals surface area contributed by atoms with Crippen LogP contribution in [-0.4, -0.2) is 21.3 Å². The first kappa shape index (κ1) is 12.4. The first-order valence-electron chi connectivity index (χ1n) is 5.21. The Morgan fingerprint density at radius 2 is 2.29 bits per heavy atom. The van der Waals surface area contributed by atoms with Gasteiger partial charge < -0.3 is 10.3 Å². The second-order valence-electron chi connectivity index (χ2n) is 3.63. The summed E-state index contributed by atoms with van der Waals surface area (Å²) in [7, 11) is 1.90. The van der Waals surface area contributed by atoms with Crippen LogP contribution >= 0.6 is 23.4 Å². The number of aryl methyl sites for hydroxylation is 1. The number of nitrogens with two attached hydrogens (primary N) is 1. The van der Waals surface area contributed by atoms with Crippen LogP contribution in [0.4, 0.5) is 0 Å². The Morgan fingerprint density at radius 3 is 2.88 bits per heavy atom. The van der Waals surface area contributed by atoms with Gasteiger partial charge in [0.05, 0.1) is 5.02 Å². The van der Waals surface area contributed by atoms with Crippen molar-refractivity contribution in [2.24, 2.45) is 12.8 Å². The molecule has 90 valence electrons. The molecular formula is C11H13ClN4S. The predicted octanol–water partition coefficient (Wildman–Crippen LogP) is 2.12. The molecule has 2 aromatic rings. The second kappa shape index (κ2) is 5.53. The molecule has 0 saturated carbocycles. The SMILES string of the molecule is Cn1cnnc1Sc1ccc(CCN)cc1Cl. The number of hydrogen-bond acceptors (Lipinski definition) is 4. The minimum Gasteiger partial charge on any atom is -0.330 e. The molecule has 0 atom stereocenters. The zero-order valence-corrected chi connectivity index (χ0v) is 11.0. The lowest BCUT2D eigenvalue weighted by molar-refractivity contribution is 0.788. The average molecular weight is 269 g/mol. The van der Waals surface area contributed by atoms with Gasteiger partial charge in [-0.1, -0.05) is 17.7 Å². The van der Waals surface area contributed by atoms with Gasteiger partial charge in [-0.15, -0.1) is 10.2 Å². The predicted molar refractivity (Wildman–Crippen MR) is 69.3 cm³/mol. The summed E-state index contributed by atoms with van der Waals surface area (Å²) >= 11 is 7.72. The second-order valence-corrected chi connectivity index (χ2v) is 5.05. The van der Waals surface area contributed by atoms with Crippen LogP contribution in [0.25, 0.3) is 0 Å². The van der Waals surface area contributed by atoms with Crippen LogP contribution in [0.1, 0.15) is 5.56 Å². The fourth-order valence-corrected chi connectivity index (χ4v) is 2.50. The molecule has 1 heterocycles. The summed E-state index contributed by atoms with van der Waals surface area (Å²) < 4.78 is 1.86. The van der Waals surface area contributed by atoms with E-state index in [4.69, 9.17) is 17.3 Å². The molecule has 0 radical (unpaired) electrons. The maximum Gasteiger partial charge on any atom is 0.195 e. The molecule has 2 rings (SSSR count). The van der Waals surface area contributed by atoms with Crippen LogP contribution in [0.15, 0.2) is 34.6 Å². The van der Waals surface area contributed by atoms with Crippen molar-refractivity contribution < 1.29 is 0 Å². The van der Waals surface area contributed by atoms with Crippen LogP contribution in [-0.2, 0) is 13.5 Å². The molecule has 4 nitrogen and oxygen atoms in total. The molecule has 6 heteroatoms. The van der Waals surface area contributed by atoms with Gasteiger partial charge in [-0.2, -0.15) is 0 Å². The van der Waals surface area contributed by atoms with Crippen molar-refractivity contribution in [2.75, 3.05) is 6.54 Å². The van der Waals surface area contributed by atoms with Gasteiger partial charge in [-0.05, 0) is 42.4 Å². The van der Waals surface area contributed by atoms with Gasteiger partial charge in [-0.25, -0.2) is 0 Å². The highest BCUT2D eigenvalue weighted by atomic mass is 35.5. The Hall–Kier alpha value is -1.04. The summed E-state index contributed by atoms with van der Waals surface area (Å²) in [6.07, 6.45) is 2.51. The molecular weight excluding hydrogens is 256 g/mol. The monoisotopic (exact) mass is 268 g/mol. The van der Waals surface area contributed by atoms with Crippen molar-refractivity contribution in [1.29, 1.82) is 0 Å². The molecule has 1 aromatic carbocycles. The van der Waals surface area contributed by atoms with E-state index in [-0.39, 0.29) is 0 Å². The van der Waals surface area contributed by atoms with Gasteiger partial charge in [0.2, 0.25) is 0 Å². The van der Waals surface area contributed by atoms with Crippen molar-refractivity contribution in [2.45, 2.75) is 16.5 Å². The van der Waals surface area contributed by atoms with Crippen LogP contribution in [0.5, 0.6) is 0 Å². The molecule has 0 aliphatic heterocycles. The summed E-state index contributed by atoms with van der Waals surface area (Å²) in [4.78, 5) is 0.975. The number of aromatic nitrogens is 3. The lowest BCUT2D eigenvalue weighted by Crippen LogP contribution is -2.02. The lowest BCUT2D eigenvalue weighted by Gasteiger charge is -2.05. The smallest absolute Gasteiger partial charge is 0.195 e. The van der Waals surface area contributed by atoms with E-state index in [1.807, 2.05) is 29.8 Å². The summed E-state index contributed by atoms with van der Waals surface area (Å²) in [6, 6.07) is 5.98. The van der Waals surface area contributed by atoms with Gasteiger partial charge in [0, 0.05) is 11.9 Å². The van der Waals surface area contributed by atoms with E-state index in [0.717, 1.165) is 27.1 Å². The van der Waals surface area contributed by atoms with Crippen LogP contribution < -0.4 is 5.73 Å². The molecule has 2 N–H and O–H groups in total. The average Bonchev–Trinajstić information content (AvgIpc) is 2.69. The molecule has 0 aliphatic rings.